The lowest BCUT2D eigenvalue weighted by Gasteiger charge is -2.33. The number of anilines is 1. The SMILES string of the molecule is CC(=O)c1ccc(NC(=O)CN2CCN(C(C)=O)CC2)cc1. The normalized spacial score (nSPS) is 15.5. The zero-order chi connectivity index (χ0) is 16.1. The Hall–Kier alpha value is -2.21. The van der Waals surface area contributed by atoms with Gasteiger partial charge in [0.05, 0.1) is 6.54 Å². The van der Waals surface area contributed by atoms with Crippen molar-refractivity contribution in [3.8, 4) is 0 Å². The van der Waals surface area contributed by atoms with Crippen LogP contribution in [0.5, 0.6) is 0 Å². The van der Waals surface area contributed by atoms with Crippen molar-refractivity contribution in [1.29, 1.82) is 0 Å². The first-order chi connectivity index (χ1) is 10.5. The van der Waals surface area contributed by atoms with Crippen molar-refractivity contribution in [3.63, 3.8) is 0 Å². The van der Waals surface area contributed by atoms with Gasteiger partial charge in [0.1, 0.15) is 0 Å². The fraction of sp³-hybridized carbons (Fsp3) is 0.438. The van der Waals surface area contributed by atoms with Gasteiger partial charge < -0.3 is 10.2 Å². The van der Waals surface area contributed by atoms with Crippen molar-refractivity contribution in [1.82, 2.24) is 9.80 Å². The first-order valence-corrected chi connectivity index (χ1v) is 7.34. The van der Waals surface area contributed by atoms with Gasteiger partial charge in [-0.25, -0.2) is 0 Å². The summed E-state index contributed by atoms with van der Waals surface area (Å²) in [5.41, 5.74) is 1.30. The van der Waals surface area contributed by atoms with E-state index in [-0.39, 0.29) is 17.6 Å². The van der Waals surface area contributed by atoms with Gasteiger partial charge in [0.15, 0.2) is 5.78 Å². The van der Waals surface area contributed by atoms with Gasteiger partial charge in [0.25, 0.3) is 0 Å². The van der Waals surface area contributed by atoms with E-state index in [4.69, 9.17) is 0 Å². The fourth-order valence-corrected chi connectivity index (χ4v) is 2.41. The maximum absolute atomic E-state index is 12.0. The molecule has 1 fully saturated rings. The molecule has 0 bridgehead atoms. The zero-order valence-corrected chi connectivity index (χ0v) is 13.0. The lowest BCUT2D eigenvalue weighted by Crippen LogP contribution is -2.49. The molecule has 6 heteroatoms. The molecule has 1 heterocycles. The molecule has 1 aromatic rings. The van der Waals surface area contributed by atoms with E-state index < -0.39 is 0 Å². The highest BCUT2D eigenvalue weighted by molar-refractivity contribution is 5.96. The maximum Gasteiger partial charge on any atom is 0.238 e. The number of hydrogen-bond donors (Lipinski definition) is 1. The van der Waals surface area contributed by atoms with E-state index in [1.165, 1.54) is 6.92 Å². The number of hydrogen-bond acceptors (Lipinski definition) is 4. The molecule has 1 N–H and O–H groups in total. The summed E-state index contributed by atoms with van der Waals surface area (Å²) >= 11 is 0. The second-order valence-electron chi connectivity index (χ2n) is 5.46. The quantitative estimate of drug-likeness (QED) is 0.842. The predicted octanol–water partition coefficient (Wildman–Crippen LogP) is 0.992. The number of carbonyl (C=O) groups is 3. The molecule has 2 rings (SSSR count). The first-order valence-electron chi connectivity index (χ1n) is 7.34. The van der Waals surface area contributed by atoms with Crippen LogP contribution in [0.2, 0.25) is 0 Å². The average Bonchev–Trinajstić information content (AvgIpc) is 2.48. The third-order valence-corrected chi connectivity index (χ3v) is 3.76. The Balaban J connectivity index is 1.81. The topological polar surface area (TPSA) is 69.7 Å². The zero-order valence-electron chi connectivity index (χ0n) is 13.0. The monoisotopic (exact) mass is 303 g/mol. The molecule has 1 saturated heterocycles. The molecule has 1 aromatic carbocycles. The van der Waals surface area contributed by atoms with Gasteiger partial charge in [-0.2, -0.15) is 0 Å². The largest absolute Gasteiger partial charge is 0.340 e. The number of amides is 2. The summed E-state index contributed by atoms with van der Waals surface area (Å²) in [5.74, 6) is -0.0114. The van der Waals surface area contributed by atoms with Gasteiger partial charge in [-0.15, -0.1) is 0 Å². The molecule has 0 saturated carbocycles. The van der Waals surface area contributed by atoms with Gasteiger partial charge in [0.2, 0.25) is 11.8 Å². The minimum atomic E-state index is -0.0909. The number of rotatable bonds is 4. The fourth-order valence-electron chi connectivity index (χ4n) is 2.41. The van der Waals surface area contributed by atoms with Gasteiger partial charge in [0, 0.05) is 44.4 Å². The summed E-state index contributed by atoms with van der Waals surface area (Å²) in [6, 6.07) is 6.85. The number of nitrogens with zero attached hydrogens (tertiary/aromatic N) is 2. The van der Waals surface area contributed by atoms with Crippen LogP contribution in [0.15, 0.2) is 24.3 Å². The van der Waals surface area contributed by atoms with E-state index in [1.54, 1.807) is 36.1 Å². The van der Waals surface area contributed by atoms with Crippen molar-refractivity contribution in [2.24, 2.45) is 0 Å². The molecule has 2 amide bonds. The van der Waals surface area contributed by atoms with Crippen LogP contribution in [0.3, 0.4) is 0 Å². The smallest absolute Gasteiger partial charge is 0.238 e. The van der Waals surface area contributed by atoms with E-state index in [1.807, 2.05) is 4.90 Å². The van der Waals surface area contributed by atoms with Crippen molar-refractivity contribution < 1.29 is 14.4 Å². The number of benzene rings is 1. The molecule has 22 heavy (non-hydrogen) atoms. The lowest BCUT2D eigenvalue weighted by atomic mass is 10.1. The average molecular weight is 303 g/mol. The Morgan fingerprint density at radius 2 is 1.59 bits per heavy atom. The van der Waals surface area contributed by atoms with Crippen molar-refractivity contribution in [2.45, 2.75) is 13.8 Å². The number of nitrogens with one attached hydrogen (secondary N) is 1. The number of carbonyl (C=O) groups excluding carboxylic acids is 3. The summed E-state index contributed by atoms with van der Waals surface area (Å²) in [5, 5.41) is 2.82. The molecule has 1 aliphatic heterocycles. The van der Waals surface area contributed by atoms with Crippen molar-refractivity contribution in [2.75, 3.05) is 38.0 Å². The highest BCUT2D eigenvalue weighted by Gasteiger charge is 2.20. The van der Waals surface area contributed by atoms with Crippen LogP contribution in [-0.2, 0) is 9.59 Å². The molecule has 0 aliphatic carbocycles. The summed E-state index contributed by atoms with van der Waals surface area (Å²) in [6.07, 6.45) is 0. The van der Waals surface area contributed by atoms with Crippen molar-refractivity contribution >= 4 is 23.3 Å². The minimum absolute atomic E-state index is 0.00113. The maximum atomic E-state index is 12.0. The van der Waals surface area contributed by atoms with Crippen LogP contribution >= 0.6 is 0 Å². The van der Waals surface area contributed by atoms with Crippen LogP contribution in [0.4, 0.5) is 5.69 Å². The summed E-state index contributed by atoms with van der Waals surface area (Å²) in [4.78, 5) is 38.3. The van der Waals surface area contributed by atoms with E-state index >= 15 is 0 Å². The Morgan fingerprint density at radius 1 is 1.00 bits per heavy atom. The van der Waals surface area contributed by atoms with E-state index in [0.717, 1.165) is 0 Å². The highest BCUT2D eigenvalue weighted by Crippen LogP contribution is 2.10. The third-order valence-electron chi connectivity index (χ3n) is 3.76. The van der Waals surface area contributed by atoms with Crippen LogP contribution in [0.1, 0.15) is 24.2 Å². The van der Waals surface area contributed by atoms with Crippen molar-refractivity contribution in [3.05, 3.63) is 29.8 Å². The Bertz CT molecular complexity index is 561. The highest BCUT2D eigenvalue weighted by atomic mass is 16.2. The summed E-state index contributed by atoms with van der Waals surface area (Å²) in [7, 11) is 0. The molecule has 0 radical (unpaired) electrons. The third kappa shape index (κ3) is 4.39. The standard InChI is InChI=1S/C16H21N3O3/c1-12(20)14-3-5-15(6-4-14)17-16(22)11-18-7-9-19(10-8-18)13(2)21/h3-6H,7-11H2,1-2H3,(H,17,22). The second-order valence-corrected chi connectivity index (χ2v) is 5.46. The summed E-state index contributed by atoms with van der Waals surface area (Å²) < 4.78 is 0. The van der Waals surface area contributed by atoms with Gasteiger partial charge in [-0.3, -0.25) is 19.3 Å². The molecular formula is C16H21N3O3. The Kier molecular flexibility index (Phi) is 5.27. The second kappa shape index (κ2) is 7.17. The van der Waals surface area contributed by atoms with Gasteiger partial charge in [-0.1, -0.05) is 0 Å². The Labute approximate surface area is 130 Å². The lowest BCUT2D eigenvalue weighted by molar-refractivity contribution is -0.130. The van der Waals surface area contributed by atoms with Crippen LogP contribution in [0.25, 0.3) is 0 Å². The predicted molar refractivity (Wildman–Crippen MR) is 83.8 cm³/mol. The molecule has 1 aliphatic rings. The van der Waals surface area contributed by atoms with E-state index in [2.05, 4.69) is 5.32 Å². The first kappa shape index (κ1) is 16.2. The van der Waals surface area contributed by atoms with Crippen LogP contribution < -0.4 is 5.32 Å². The van der Waals surface area contributed by atoms with E-state index in [9.17, 15) is 14.4 Å². The van der Waals surface area contributed by atoms with Crippen LogP contribution in [-0.4, -0.2) is 60.1 Å². The number of Topliss-reactive ketones (excluding diaryl/α,β-unsaturated/α-hetero) is 1. The summed E-state index contributed by atoms with van der Waals surface area (Å²) in [6.45, 7) is 6.11. The van der Waals surface area contributed by atoms with Gasteiger partial charge >= 0.3 is 0 Å². The minimum Gasteiger partial charge on any atom is -0.340 e. The molecular weight excluding hydrogens is 282 g/mol. The molecule has 118 valence electrons. The molecule has 0 atom stereocenters. The van der Waals surface area contributed by atoms with Gasteiger partial charge in [-0.05, 0) is 31.2 Å². The Morgan fingerprint density at radius 3 is 2.09 bits per heavy atom. The van der Waals surface area contributed by atoms with Crippen LogP contribution in [0, 0.1) is 0 Å². The molecule has 0 unspecified atom stereocenters. The number of piperazine rings is 1. The molecule has 0 spiro atoms. The molecule has 6 nitrogen and oxygen atoms in total. The number of ketones is 1. The molecule has 0 aromatic heterocycles. The van der Waals surface area contributed by atoms with E-state index in [0.29, 0.717) is 44.0 Å².